The van der Waals surface area contributed by atoms with E-state index in [-0.39, 0.29) is 6.04 Å². The highest BCUT2D eigenvalue weighted by molar-refractivity contribution is 9.10. The fourth-order valence-electron chi connectivity index (χ4n) is 2.02. The van der Waals surface area contributed by atoms with Gasteiger partial charge in [0, 0.05) is 25.4 Å². The van der Waals surface area contributed by atoms with E-state index in [0.29, 0.717) is 0 Å². The maximum absolute atomic E-state index is 5.60. The Balaban J connectivity index is 2.12. The molecule has 1 atom stereocenters. The third-order valence-corrected chi connectivity index (χ3v) is 3.37. The summed E-state index contributed by atoms with van der Waals surface area (Å²) < 4.78 is 8.56. The Labute approximate surface area is 116 Å². The second-order valence-electron chi connectivity index (χ2n) is 4.22. The van der Waals surface area contributed by atoms with Crippen molar-refractivity contribution in [3.63, 3.8) is 0 Å². The molecule has 0 fully saturated rings. The molecule has 98 valence electrons. The summed E-state index contributed by atoms with van der Waals surface area (Å²) in [5, 5.41) is 3.27. The summed E-state index contributed by atoms with van der Waals surface area (Å²) in [5.41, 5.74) is 0. The Kier molecular flexibility index (Phi) is 4.60. The highest BCUT2D eigenvalue weighted by atomic mass is 79.9. The second kappa shape index (κ2) is 6.20. The average Bonchev–Trinajstić information content (AvgIpc) is 2.96. The monoisotopic (exact) mass is 311 g/mol. The number of aryl methyl sites for hydroxylation is 1. The van der Waals surface area contributed by atoms with Gasteiger partial charge in [-0.1, -0.05) is 6.92 Å². The predicted octanol–water partition coefficient (Wildman–Crippen LogP) is 3.15. The smallest absolute Gasteiger partial charge is 0.169 e. The van der Waals surface area contributed by atoms with Crippen LogP contribution in [0.5, 0.6) is 0 Å². The first-order valence-electron chi connectivity index (χ1n) is 6.17. The van der Waals surface area contributed by atoms with Crippen LogP contribution in [0, 0.1) is 0 Å². The lowest BCUT2D eigenvalue weighted by molar-refractivity contribution is 0.408. The van der Waals surface area contributed by atoms with Crippen LogP contribution in [0.1, 0.15) is 31.0 Å². The van der Waals surface area contributed by atoms with E-state index in [0.717, 1.165) is 35.6 Å². The zero-order valence-electron chi connectivity index (χ0n) is 10.7. The molecule has 1 N–H and O–H groups in total. The van der Waals surface area contributed by atoms with Crippen molar-refractivity contribution in [2.75, 3.05) is 7.05 Å². The molecule has 0 amide bonds. The molecule has 0 aliphatic carbocycles. The number of halogens is 1. The Bertz CT molecular complexity index is 492. The van der Waals surface area contributed by atoms with E-state index in [9.17, 15) is 0 Å². The van der Waals surface area contributed by atoms with E-state index in [4.69, 9.17) is 4.42 Å². The van der Waals surface area contributed by atoms with Crippen LogP contribution in [0.15, 0.2) is 33.6 Å². The molecule has 4 nitrogen and oxygen atoms in total. The maximum atomic E-state index is 5.60. The number of likely N-dealkylation sites (N-methyl/N-ethyl adjacent to an activating group) is 1. The number of hydrogen-bond donors (Lipinski definition) is 1. The molecule has 18 heavy (non-hydrogen) atoms. The van der Waals surface area contributed by atoms with Gasteiger partial charge in [-0.3, -0.25) is 0 Å². The average molecular weight is 312 g/mol. The molecule has 0 aliphatic rings. The minimum Gasteiger partial charge on any atom is -0.453 e. The van der Waals surface area contributed by atoms with Gasteiger partial charge in [-0.25, -0.2) is 4.98 Å². The normalized spacial score (nSPS) is 12.8. The van der Waals surface area contributed by atoms with E-state index in [2.05, 4.69) is 37.7 Å². The van der Waals surface area contributed by atoms with Crippen molar-refractivity contribution in [2.45, 2.75) is 32.4 Å². The topological polar surface area (TPSA) is 43.0 Å². The number of aromatic nitrogens is 2. The molecule has 2 aromatic rings. The summed E-state index contributed by atoms with van der Waals surface area (Å²) >= 11 is 3.33. The fraction of sp³-hybridized carbons (Fsp3) is 0.462. The maximum Gasteiger partial charge on any atom is 0.169 e. The molecule has 0 saturated carbocycles. The van der Waals surface area contributed by atoms with Gasteiger partial charge in [-0.05, 0) is 41.5 Å². The van der Waals surface area contributed by atoms with Crippen molar-refractivity contribution in [1.29, 1.82) is 0 Å². The van der Waals surface area contributed by atoms with E-state index in [1.807, 2.05) is 31.6 Å². The molecular weight excluding hydrogens is 294 g/mol. The van der Waals surface area contributed by atoms with Crippen LogP contribution in [-0.4, -0.2) is 16.6 Å². The molecule has 2 aromatic heterocycles. The van der Waals surface area contributed by atoms with Gasteiger partial charge in [0.25, 0.3) is 0 Å². The van der Waals surface area contributed by atoms with E-state index >= 15 is 0 Å². The van der Waals surface area contributed by atoms with Gasteiger partial charge in [0.1, 0.15) is 11.6 Å². The summed E-state index contributed by atoms with van der Waals surface area (Å²) in [4.78, 5) is 4.42. The summed E-state index contributed by atoms with van der Waals surface area (Å²) in [6.07, 6.45) is 5.82. The van der Waals surface area contributed by atoms with Crippen LogP contribution >= 0.6 is 15.9 Å². The summed E-state index contributed by atoms with van der Waals surface area (Å²) in [6.45, 7) is 3.18. The molecule has 0 aromatic carbocycles. The number of hydrogen-bond acceptors (Lipinski definition) is 3. The zero-order chi connectivity index (χ0) is 13.0. The van der Waals surface area contributed by atoms with Crippen molar-refractivity contribution >= 4 is 15.9 Å². The highest BCUT2D eigenvalue weighted by Crippen LogP contribution is 2.22. The molecule has 2 heterocycles. The van der Waals surface area contributed by atoms with Crippen LogP contribution in [-0.2, 0) is 13.0 Å². The highest BCUT2D eigenvalue weighted by Gasteiger charge is 2.16. The van der Waals surface area contributed by atoms with Crippen molar-refractivity contribution in [1.82, 2.24) is 14.9 Å². The third-order valence-electron chi connectivity index (χ3n) is 2.94. The molecule has 0 spiro atoms. The number of furan rings is 1. The Morgan fingerprint density at radius 2 is 2.33 bits per heavy atom. The molecule has 5 heteroatoms. The molecule has 0 aliphatic heterocycles. The first-order valence-corrected chi connectivity index (χ1v) is 6.96. The Hall–Kier alpha value is -1.07. The summed E-state index contributed by atoms with van der Waals surface area (Å²) in [6, 6.07) is 4.05. The van der Waals surface area contributed by atoms with Crippen molar-refractivity contribution in [3.05, 3.63) is 40.8 Å². The third kappa shape index (κ3) is 3.03. The number of nitrogens with one attached hydrogen (secondary N) is 1. The van der Waals surface area contributed by atoms with Gasteiger partial charge in [0.05, 0.1) is 6.04 Å². The van der Waals surface area contributed by atoms with Gasteiger partial charge in [-0.15, -0.1) is 0 Å². The van der Waals surface area contributed by atoms with Crippen LogP contribution in [0.25, 0.3) is 0 Å². The van der Waals surface area contributed by atoms with Gasteiger partial charge < -0.3 is 14.3 Å². The minimum atomic E-state index is 0.148. The van der Waals surface area contributed by atoms with Crippen LogP contribution < -0.4 is 5.32 Å². The molecule has 1 unspecified atom stereocenters. The van der Waals surface area contributed by atoms with Crippen molar-refractivity contribution in [2.24, 2.45) is 0 Å². The lowest BCUT2D eigenvalue weighted by Crippen LogP contribution is -2.20. The van der Waals surface area contributed by atoms with E-state index < -0.39 is 0 Å². The van der Waals surface area contributed by atoms with Crippen LogP contribution in [0.2, 0.25) is 0 Å². The largest absolute Gasteiger partial charge is 0.453 e. The lowest BCUT2D eigenvalue weighted by atomic mass is 10.1. The number of rotatable bonds is 6. The van der Waals surface area contributed by atoms with Gasteiger partial charge in [-0.2, -0.15) is 0 Å². The molecule has 0 radical (unpaired) electrons. The molecule has 0 saturated heterocycles. The van der Waals surface area contributed by atoms with Gasteiger partial charge in [0.15, 0.2) is 4.67 Å². The molecular formula is C13H18BrN3O. The van der Waals surface area contributed by atoms with E-state index in [1.54, 1.807) is 0 Å². The fourth-order valence-corrected chi connectivity index (χ4v) is 2.34. The lowest BCUT2D eigenvalue weighted by Gasteiger charge is -2.14. The zero-order valence-corrected chi connectivity index (χ0v) is 12.3. The van der Waals surface area contributed by atoms with Gasteiger partial charge >= 0.3 is 0 Å². The Morgan fingerprint density at radius 1 is 1.50 bits per heavy atom. The number of imidazole rings is 1. The van der Waals surface area contributed by atoms with Crippen LogP contribution in [0.4, 0.5) is 0 Å². The summed E-state index contributed by atoms with van der Waals surface area (Å²) in [5.74, 6) is 2.01. The Morgan fingerprint density at radius 3 is 2.94 bits per heavy atom. The first-order chi connectivity index (χ1) is 8.74. The standard InChI is InChI=1S/C13H18BrN3O/c1-3-7-17-8-6-16-13(17)9-10(15-2)11-4-5-12(14)18-11/h4-6,8,10,15H,3,7,9H2,1-2H3. The number of nitrogens with zero attached hydrogens (tertiary/aromatic N) is 2. The van der Waals surface area contributed by atoms with Crippen molar-refractivity contribution < 1.29 is 4.42 Å². The minimum absolute atomic E-state index is 0.148. The SMILES string of the molecule is CCCn1ccnc1CC(NC)c1ccc(Br)o1. The van der Waals surface area contributed by atoms with Crippen LogP contribution in [0.3, 0.4) is 0 Å². The predicted molar refractivity (Wildman–Crippen MR) is 74.4 cm³/mol. The molecule has 0 bridgehead atoms. The summed E-state index contributed by atoms with van der Waals surface area (Å²) in [7, 11) is 1.94. The van der Waals surface area contributed by atoms with E-state index in [1.165, 1.54) is 0 Å². The quantitative estimate of drug-likeness (QED) is 0.891. The van der Waals surface area contributed by atoms with Gasteiger partial charge in [0.2, 0.25) is 0 Å². The first kappa shape index (κ1) is 13.4. The second-order valence-corrected chi connectivity index (χ2v) is 5.01. The molecule has 2 rings (SSSR count). The van der Waals surface area contributed by atoms with Crippen molar-refractivity contribution in [3.8, 4) is 0 Å².